The fourth-order valence-corrected chi connectivity index (χ4v) is 2.79. The SMILES string of the molecule is NC(=S)c1ccc(S(=O)(=O)NCCc2cnc[nH]2)cc1. The van der Waals surface area contributed by atoms with Crippen LogP contribution in [0.25, 0.3) is 0 Å². The molecule has 106 valence electrons. The molecule has 0 bridgehead atoms. The van der Waals surface area contributed by atoms with Gasteiger partial charge in [-0.2, -0.15) is 0 Å². The fourth-order valence-electron chi connectivity index (χ4n) is 1.62. The van der Waals surface area contributed by atoms with E-state index in [1.165, 1.54) is 12.1 Å². The van der Waals surface area contributed by atoms with Gasteiger partial charge in [-0.1, -0.05) is 24.4 Å². The summed E-state index contributed by atoms with van der Waals surface area (Å²) < 4.78 is 26.6. The molecule has 0 fully saturated rings. The van der Waals surface area contributed by atoms with Crippen molar-refractivity contribution in [1.29, 1.82) is 0 Å². The zero-order chi connectivity index (χ0) is 14.6. The molecule has 0 radical (unpaired) electrons. The Kier molecular flexibility index (Phi) is 4.48. The lowest BCUT2D eigenvalue weighted by atomic mass is 10.2. The second kappa shape index (κ2) is 6.12. The summed E-state index contributed by atoms with van der Waals surface area (Å²) in [5, 5.41) is 0. The van der Waals surface area contributed by atoms with Gasteiger partial charge in [-0.3, -0.25) is 0 Å². The smallest absolute Gasteiger partial charge is 0.240 e. The Labute approximate surface area is 122 Å². The molecule has 0 saturated carbocycles. The van der Waals surface area contributed by atoms with Crippen molar-refractivity contribution in [2.45, 2.75) is 11.3 Å². The largest absolute Gasteiger partial charge is 0.389 e. The summed E-state index contributed by atoms with van der Waals surface area (Å²) in [5.74, 6) is 0. The van der Waals surface area contributed by atoms with Gasteiger partial charge in [-0.15, -0.1) is 0 Å². The van der Waals surface area contributed by atoms with Crippen molar-refractivity contribution >= 4 is 27.2 Å². The number of aromatic amines is 1. The third-order valence-corrected chi connectivity index (χ3v) is 4.40. The highest BCUT2D eigenvalue weighted by Gasteiger charge is 2.13. The molecule has 8 heteroatoms. The van der Waals surface area contributed by atoms with E-state index in [-0.39, 0.29) is 9.88 Å². The summed E-state index contributed by atoms with van der Waals surface area (Å²) in [5.41, 5.74) is 6.97. The number of nitrogens with zero attached hydrogens (tertiary/aromatic N) is 1. The summed E-state index contributed by atoms with van der Waals surface area (Å²) in [6.45, 7) is 0.293. The maximum atomic E-state index is 12.0. The van der Waals surface area contributed by atoms with Crippen LogP contribution in [-0.4, -0.2) is 29.9 Å². The van der Waals surface area contributed by atoms with Crippen molar-refractivity contribution < 1.29 is 8.42 Å². The van der Waals surface area contributed by atoms with Crippen molar-refractivity contribution in [3.8, 4) is 0 Å². The highest BCUT2D eigenvalue weighted by molar-refractivity contribution is 7.89. The second-order valence-corrected chi connectivity index (χ2v) is 6.32. The number of sulfonamides is 1. The van der Waals surface area contributed by atoms with Crippen LogP contribution in [0.5, 0.6) is 0 Å². The third kappa shape index (κ3) is 3.62. The van der Waals surface area contributed by atoms with Crippen LogP contribution in [0.1, 0.15) is 11.3 Å². The molecule has 0 spiro atoms. The molecule has 0 amide bonds. The van der Waals surface area contributed by atoms with E-state index in [1.807, 2.05) is 0 Å². The molecule has 1 aromatic heterocycles. The molecule has 2 rings (SSSR count). The first kappa shape index (κ1) is 14.6. The van der Waals surface area contributed by atoms with Crippen LogP contribution in [0, 0.1) is 0 Å². The van der Waals surface area contributed by atoms with Crippen LogP contribution in [0.3, 0.4) is 0 Å². The second-order valence-electron chi connectivity index (χ2n) is 4.11. The Morgan fingerprint density at radius 3 is 2.60 bits per heavy atom. The van der Waals surface area contributed by atoms with E-state index in [0.29, 0.717) is 18.5 Å². The first-order chi connectivity index (χ1) is 9.49. The number of hydrogen-bond acceptors (Lipinski definition) is 4. The fraction of sp³-hybridized carbons (Fsp3) is 0.167. The minimum atomic E-state index is -3.52. The quantitative estimate of drug-likeness (QED) is 0.677. The van der Waals surface area contributed by atoms with Crippen molar-refractivity contribution in [2.75, 3.05) is 6.54 Å². The summed E-state index contributed by atoms with van der Waals surface area (Å²) in [7, 11) is -3.52. The minimum Gasteiger partial charge on any atom is -0.389 e. The van der Waals surface area contributed by atoms with Gasteiger partial charge < -0.3 is 10.7 Å². The van der Waals surface area contributed by atoms with Gasteiger partial charge in [0.25, 0.3) is 0 Å². The van der Waals surface area contributed by atoms with E-state index in [4.69, 9.17) is 18.0 Å². The lowest BCUT2D eigenvalue weighted by Crippen LogP contribution is -2.26. The number of benzene rings is 1. The van der Waals surface area contributed by atoms with Crippen LogP contribution in [-0.2, 0) is 16.4 Å². The topological polar surface area (TPSA) is 101 Å². The Morgan fingerprint density at radius 1 is 1.35 bits per heavy atom. The predicted molar refractivity (Wildman–Crippen MR) is 79.8 cm³/mol. The predicted octanol–water partition coefficient (Wildman–Crippen LogP) is 0.565. The zero-order valence-corrected chi connectivity index (χ0v) is 12.2. The lowest BCUT2D eigenvalue weighted by molar-refractivity contribution is 0.581. The van der Waals surface area contributed by atoms with Crippen molar-refractivity contribution in [3.63, 3.8) is 0 Å². The average molecular weight is 310 g/mol. The standard InChI is InChI=1S/C12H14N4O2S2/c13-12(19)9-1-3-11(4-2-9)20(17,18)16-6-5-10-7-14-8-15-10/h1-4,7-8,16H,5-6H2,(H2,13,19)(H,14,15). The number of aromatic nitrogens is 2. The summed E-state index contributed by atoms with van der Waals surface area (Å²) in [4.78, 5) is 7.19. The van der Waals surface area contributed by atoms with Crippen LogP contribution >= 0.6 is 12.2 Å². The van der Waals surface area contributed by atoms with E-state index < -0.39 is 10.0 Å². The first-order valence-electron chi connectivity index (χ1n) is 5.86. The van der Waals surface area contributed by atoms with E-state index in [9.17, 15) is 8.42 Å². The van der Waals surface area contributed by atoms with Crippen LogP contribution in [0.2, 0.25) is 0 Å². The summed E-state index contributed by atoms with van der Waals surface area (Å²) in [6, 6.07) is 6.14. The van der Waals surface area contributed by atoms with Gasteiger partial charge in [-0.25, -0.2) is 18.1 Å². The number of hydrogen-bond donors (Lipinski definition) is 3. The van der Waals surface area contributed by atoms with Gasteiger partial charge in [0.15, 0.2) is 0 Å². The molecule has 0 unspecified atom stereocenters. The van der Waals surface area contributed by atoms with E-state index in [0.717, 1.165) is 5.69 Å². The molecule has 1 heterocycles. The van der Waals surface area contributed by atoms with Crippen LogP contribution in [0.15, 0.2) is 41.7 Å². The number of rotatable bonds is 6. The Morgan fingerprint density at radius 2 is 2.05 bits per heavy atom. The Hall–Kier alpha value is -1.77. The van der Waals surface area contributed by atoms with Crippen molar-refractivity contribution in [1.82, 2.24) is 14.7 Å². The molecule has 0 aliphatic rings. The molecular formula is C12H14N4O2S2. The maximum Gasteiger partial charge on any atom is 0.240 e. The molecule has 2 aromatic rings. The van der Waals surface area contributed by atoms with Crippen LogP contribution < -0.4 is 10.5 Å². The van der Waals surface area contributed by atoms with Gasteiger partial charge in [0.1, 0.15) is 4.99 Å². The normalized spacial score (nSPS) is 11.4. The molecule has 1 aromatic carbocycles. The van der Waals surface area contributed by atoms with Gasteiger partial charge in [0.05, 0.1) is 11.2 Å². The number of nitrogens with two attached hydrogens (primary N) is 1. The van der Waals surface area contributed by atoms with Crippen LogP contribution in [0.4, 0.5) is 0 Å². The molecule has 0 aliphatic heterocycles. The third-order valence-electron chi connectivity index (χ3n) is 2.69. The maximum absolute atomic E-state index is 12.0. The van der Waals surface area contributed by atoms with Gasteiger partial charge >= 0.3 is 0 Å². The molecule has 0 atom stereocenters. The monoisotopic (exact) mass is 310 g/mol. The highest BCUT2D eigenvalue weighted by atomic mass is 32.2. The number of H-pyrrole nitrogens is 1. The molecule has 0 aliphatic carbocycles. The lowest BCUT2D eigenvalue weighted by Gasteiger charge is -2.07. The minimum absolute atomic E-state index is 0.183. The number of imidazole rings is 1. The number of thiocarbonyl (C=S) groups is 1. The van der Waals surface area contributed by atoms with Crippen molar-refractivity contribution in [2.24, 2.45) is 5.73 Å². The average Bonchev–Trinajstić information content (AvgIpc) is 2.92. The molecular weight excluding hydrogens is 296 g/mol. The van der Waals surface area contributed by atoms with Gasteiger partial charge in [-0.05, 0) is 12.1 Å². The Balaban J connectivity index is 2.00. The molecule has 20 heavy (non-hydrogen) atoms. The zero-order valence-electron chi connectivity index (χ0n) is 10.5. The molecule has 6 nitrogen and oxygen atoms in total. The van der Waals surface area contributed by atoms with E-state index >= 15 is 0 Å². The highest BCUT2D eigenvalue weighted by Crippen LogP contribution is 2.10. The van der Waals surface area contributed by atoms with Crippen molar-refractivity contribution in [3.05, 3.63) is 48.0 Å². The molecule has 0 saturated heterocycles. The van der Waals surface area contributed by atoms with Gasteiger partial charge in [0, 0.05) is 30.4 Å². The first-order valence-corrected chi connectivity index (χ1v) is 7.75. The summed E-state index contributed by atoms with van der Waals surface area (Å²) in [6.07, 6.45) is 3.76. The van der Waals surface area contributed by atoms with E-state index in [2.05, 4.69) is 14.7 Å². The summed E-state index contributed by atoms with van der Waals surface area (Å²) >= 11 is 4.82. The van der Waals surface area contributed by atoms with Gasteiger partial charge in [0.2, 0.25) is 10.0 Å². The number of nitrogens with one attached hydrogen (secondary N) is 2. The Bertz CT molecular complexity index is 679. The molecule has 4 N–H and O–H groups in total. The van der Waals surface area contributed by atoms with E-state index in [1.54, 1.807) is 24.7 Å².